The van der Waals surface area contributed by atoms with E-state index in [0.717, 1.165) is 66.9 Å². The molecule has 3 aromatic rings. The maximum atomic E-state index is 13.3. The molecule has 2 aliphatic rings. The number of thioether (sulfide) groups is 1. The summed E-state index contributed by atoms with van der Waals surface area (Å²) in [5, 5.41) is 0.776. The first-order valence-corrected chi connectivity index (χ1v) is 14.9. The molecule has 2 heterocycles. The fraction of sp³-hybridized carbons (Fsp3) is 0.500. The SMILES string of the molecule is C[C@H]1CCCN(S(=O)(=O)c2ccc3c(c2)nc(SCc2ccc(C(F)(F)F)cc2)n3C2CCCC2)C1. The lowest BCUT2D eigenvalue weighted by Gasteiger charge is -2.30. The zero-order valence-corrected chi connectivity index (χ0v) is 21.8. The Balaban J connectivity index is 1.45. The number of nitrogens with zero attached hydrogens (tertiary/aromatic N) is 3. The number of sulfonamides is 1. The van der Waals surface area contributed by atoms with Gasteiger partial charge in [0.15, 0.2) is 5.16 Å². The van der Waals surface area contributed by atoms with E-state index >= 15 is 0 Å². The fourth-order valence-corrected chi connectivity index (χ4v) is 7.94. The Morgan fingerprint density at radius 3 is 2.42 bits per heavy atom. The summed E-state index contributed by atoms with van der Waals surface area (Å²) in [7, 11) is -3.60. The number of benzene rings is 2. The molecule has 1 atom stereocenters. The Kier molecular flexibility index (Phi) is 7.13. The van der Waals surface area contributed by atoms with Crippen molar-refractivity contribution >= 4 is 32.8 Å². The average Bonchev–Trinajstić information content (AvgIpc) is 3.49. The first-order chi connectivity index (χ1) is 17.1. The molecule has 0 amide bonds. The van der Waals surface area contributed by atoms with Crippen LogP contribution in [0.25, 0.3) is 11.0 Å². The first kappa shape index (κ1) is 25.6. The number of fused-ring (bicyclic) bond motifs is 1. The molecule has 0 N–H and O–H groups in total. The number of piperidine rings is 1. The standard InChI is InChI=1S/C26H30F3N3O2S2/c1-18-5-4-14-31(16-18)36(33,34)22-12-13-24-23(15-22)30-25(32(24)21-6-2-3-7-21)35-17-19-8-10-20(11-9-19)26(27,28)29/h8-13,15,18,21H,2-7,14,16-17H2,1H3/t18-/m0/s1. The summed E-state index contributed by atoms with van der Waals surface area (Å²) < 4.78 is 69.2. The molecule has 5 nitrogen and oxygen atoms in total. The average molecular weight is 538 g/mol. The van der Waals surface area contributed by atoms with Gasteiger partial charge in [-0.25, -0.2) is 13.4 Å². The van der Waals surface area contributed by atoms with E-state index in [-0.39, 0.29) is 10.9 Å². The third kappa shape index (κ3) is 5.17. The fourth-order valence-electron chi connectivity index (χ4n) is 5.29. The summed E-state index contributed by atoms with van der Waals surface area (Å²) in [5.74, 6) is 0.817. The van der Waals surface area contributed by atoms with Crippen LogP contribution in [-0.4, -0.2) is 35.4 Å². The third-order valence-corrected chi connectivity index (χ3v) is 10.1. The molecule has 0 radical (unpaired) electrons. The predicted octanol–water partition coefficient (Wildman–Crippen LogP) is 6.88. The maximum Gasteiger partial charge on any atom is 0.416 e. The predicted molar refractivity (Wildman–Crippen MR) is 135 cm³/mol. The van der Waals surface area contributed by atoms with E-state index in [0.29, 0.717) is 30.3 Å². The van der Waals surface area contributed by atoms with Gasteiger partial charge >= 0.3 is 6.18 Å². The van der Waals surface area contributed by atoms with Crippen molar-refractivity contribution in [3.8, 4) is 0 Å². The molecule has 1 aromatic heterocycles. The zero-order chi connectivity index (χ0) is 25.5. The number of alkyl halides is 3. The van der Waals surface area contributed by atoms with Gasteiger partial charge in [-0.3, -0.25) is 0 Å². The van der Waals surface area contributed by atoms with Gasteiger partial charge in [-0.05, 0) is 67.5 Å². The molecule has 2 aromatic carbocycles. The largest absolute Gasteiger partial charge is 0.416 e. The van der Waals surface area contributed by atoms with E-state index in [1.165, 1.54) is 23.9 Å². The molecule has 36 heavy (non-hydrogen) atoms. The second kappa shape index (κ2) is 10.0. The van der Waals surface area contributed by atoms with Crippen LogP contribution in [0.1, 0.15) is 62.6 Å². The Morgan fingerprint density at radius 1 is 1.03 bits per heavy atom. The minimum Gasteiger partial charge on any atom is -0.316 e. The molecule has 194 valence electrons. The lowest BCUT2D eigenvalue weighted by atomic mass is 10.0. The van der Waals surface area contributed by atoms with Crippen molar-refractivity contribution in [2.24, 2.45) is 5.92 Å². The smallest absolute Gasteiger partial charge is 0.316 e. The zero-order valence-electron chi connectivity index (χ0n) is 20.2. The highest BCUT2D eigenvalue weighted by Crippen LogP contribution is 2.38. The van der Waals surface area contributed by atoms with E-state index in [1.54, 1.807) is 16.4 Å². The number of rotatable bonds is 6. The molecule has 1 saturated heterocycles. The van der Waals surface area contributed by atoms with Crippen LogP contribution in [0, 0.1) is 5.92 Å². The van der Waals surface area contributed by atoms with Crippen LogP contribution in [0.5, 0.6) is 0 Å². The summed E-state index contributed by atoms with van der Waals surface area (Å²) in [6.07, 6.45) is 1.88. The van der Waals surface area contributed by atoms with Crippen molar-refractivity contribution in [1.29, 1.82) is 0 Å². The molecular weight excluding hydrogens is 507 g/mol. The van der Waals surface area contributed by atoms with E-state index < -0.39 is 21.8 Å². The van der Waals surface area contributed by atoms with Gasteiger partial charge < -0.3 is 4.57 Å². The minimum atomic E-state index is -4.35. The summed E-state index contributed by atoms with van der Waals surface area (Å²) in [4.78, 5) is 5.09. The molecule has 0 unspecified atom stereocenters. The van der Waals surface area contributed by atoms with Crippen LogP contribution in [0.2, 0.25) is 0 Å². The monoisotopic (exact) mass is 537 g/mol. The van der Waals surface area contributed by atoms with Crippen LogP contribution in [-0.2, 0) is 22.0 Å². The molecule has 10 heteroatoms. The Morgan fingerprint density at radius 2 is 1.75 bits per heavy atom. The van der Waals surface area contributed by atoms with E-state index in [1.807, 2.05) is 6.07 Å². The molecule has 0 spiro atoms. The van der Waals surface area contributed by atoms with Gasteiger partial charge in [-0.2, -0.15) is 17.5 Å². The summed E-state index contributed by atoms with van der Waals surface area (Å²) >= 11 is 1.48. The number of imidazole rings is 1. The number of hydrogen-bond acceptors (Lipinski definition) is 4. The quantitative estimate of drug-likeness (QED) is 0.322. The van der Waals surface area contributed by atoms with Crippen LogP contribution < -0.4 is 0 Å². The highest BCUT2D eigenvalue weighted by Gasteiger charge is 2.31. The van der Waals surface area contributed by atoms with E-state index in [4.69, 9.17) is 4.98 Å². The van der Waals surface area contributed by atoms with Gasteiger partial charge in [-0.1, -0.05) is 43.7 Å². The molecule has 5 rings (SSSR count). The van der Waals surface area contributed by atoms with Crippen LogP contribution in [0.15, 0.2) is 52.5 Å². The lowest BCUT2D eigenvalue weighted by molar-refractivity contribution is -0.137. The molecular formula is C26H30F3N3O2S2. The van der Waals surface area contributed by atoms with E-state index in [2.05, 4.69) is 11.5 Å². The van der Waals surface area contributed by atoms with Crippen molar-refractivity contribution in [2.75, 3.05) is 13.1 Å². The van der Waals surface area contributed by atoms with Crippen molar-refractivity contribution in [3.05, 3.63) is 53.6 Å². The molecule has 1 aliphatic carbocycles. The van der Waals surface area contributed by atoms with Crippen LogP contribution >= 0.6 is 11.8 Å². The highest BCUT2D eigenvalue weighted by atomic mass is 32.2. The van der Waals surface area contributed by atoms with Crippen molar-refractivity contribution in [1.82, 2.24) is 13.9 Å². The normalized spacial score (nSPS) is 20.4. The molecule has 0 bridgehead atoms. The van der Waals surface area contributed by atoms with Gasteiger partial charge in [0.2, 0.25) is 10.0 Å². The summed E-state index contributed by atoms with van der Waals surface area (Å²) in [6, 6.07) is 10.7. The second-order valence-electron chi connectivity index (χ2n) is 9.95. The second-order valence-corrected chi connectivity index (χ2v) is 12.8. The number of halogens is 3. The Labute approximate surface area is 214 Å². The topological polar surface area (TPSA) is 55.2 Å². The summed E-state index contributed by atoms with van der Waals surface area (Å²) in [5.41, 5.74) is 1.66. The molecule has 1 saturated carbocycles. The minimum absolute atomic E-state index is 0.263. The van der Waals surface area contributed by atoms with Crippen molar-refractivity contribution in [2.45, 2.75) is 73.5 Å². The van der Waals surface area contributed by atoms with Crippen molar-refractivity contribution < 1.29 is 21.6 Å². The van der Waals surface area contributed by atoms with Gasteiger partial charge in [0.1, 0.15) is 0 Å². The molecule has 2 fully saturated rings. The van der Waals surface area contributed by atoms with Gasteiger partial charge in [0, 0.05) is 24.9 Å². The molecule has 1 aliphatic heterocycles. The van der Waals surface area contributed by atoms with Gasteiger partial charge in [0.25, 0.3) is 0 Å². The number of hydrogen-bond donors (Lipinski definition) is 0. The van der Waals surface area contributed by atoms with Gasteiger partial charge in [0.05, 0.1) is 21.5 Å². The van der Waals surface area contributed by atoms with Crippen molar-refractivity contribution in [3.63, 3.8) is 0 Å². The highest BCUT2D eigenvalue weighted by molar-refractivity contribution is 7.98. The summed E-state index contributed by atoms with van der Waals surface area (Å²) in [6.45, 7) is 3.15. The van der Waals surface area contributed by atoms with Crippen LogP contribution in [0.4, 0.5) is 13.2 Å². The van der Waals surface area contributed by atoms with Crippen LogP contribution in [0.3, 0.4) is 0 Å². The Bertz CT molecular complexity index is 1330. The number of aromatic nitrogens is 2. The Hall–Kier alpha value is -2.04. The lowest BCUT2D eigenvalue weighted by Crippen LogP contribution is -2.39. The third-order valence-electron chi connectivity index (χ3n) is 7.23. The first-order valence-electron chi connectivity index (χ1n) is 12.4. The van der Waals surface area contributed by atoms with E-state index in [9.17, 15) is 21.6 Å². The maximum absolute atomic E-state index is 13.3. The van der Waals surface area contributed by atoms with Gasteiger partial charge in [-0.15, -0.1) is 0 Å².